The second-order valence-electron chi connectivity index (χ2n) is 2.98. The Labute approximate surface area is 66.0 Å². The molecule has 1 atom stereocenters. The van der Waals surface area contributed by atoms with Crippen molar-refractivity contribution in [3.63, 3.8) is 0 Å². The maximum Gasteiger partial charge on any atom is 0.407 e. The Balaban J connectivity index is 2.45. The van der Waals surface area contributed by atoms with Crippen LogP contribution < -0.4 is 5.73 Å². The van der Waals surface area contributed by atoms with Crippen LogP contribution in [-0.2, 0) is 0 Å². The lowest BCUT2D eigenvalue weighted by Gasteiger charge is -2.18. The van der Waals surface area contributed by atoms with Crippen LogP contribution in [0.25, 0.3) is 0 Å². The Bertz CT molecular complexity index is 149. The first-order chi connectivity index (χ1) is 5.20. The number of nitrogens with zero attached hydrogens (tertiary/aromatic N) is 1. The van der Waals surface area contributed by atoms with Gasteiger partial charge < -0.3 is 15.7 Å². The van der Waals surface area contributed by atoms with Gasteiger partial charge in [-0.1, -0.05) is 6.42 Å². The van der Waals surface area contributed by atoms with Gasteiger partial charge in [-0.05, 0) is 12.8 Å². The lowest BCUT2D eigenvalue weighted by molar-refractivity contribution is 0.145. The molecule has 0 radical (unpaired) electrons. The van der Waals surface area contributed by atoms with E-state index in [1.165, 1.54) is 4.90 Å². The summed E-state index contributed by atoms with van der Waals surface area (Å²) in [4.78, 5) is 11.9. The average molecular weight is 158 g/mol. The molecular formula is C7H14N2O2. The van der Waals surface area contributed by atoms with Gasteiger partial charge in [0.2, 0.25) is 0 Å². The molecule has 3 N–H and O–H groups in total. The highest BCUT2D eigenvalue weighted by Gasteiger charge is 2.18. The third kappa shape index (κ3) is 2.38. The molecule has 0 saturated carbocycles. The lowest BCUT2D eigenvalue weighted by atomic mass is 10.2. The van der Waals surface area contributed by atoms with Crippen LogP contribution in [-0.4, -0.2) is 35.2 Å². The van der Waals surface area contributed by atoms with E-state index >= 15 is 0 Å². The average Bonchev–Trinajstić information content (AvgIpc) is 2.13. The highest BCUT2D eigenvalue weighted by molar-refractivity contribution is 5.64. The fourth-order valence-electron chi connectivity index (χ4n) is 1.35. The van der Waals surface area contributed by atoms with E-state index in [0.29, 0.717) is 13.1 Å². The molecule has 1 unspecified atom stereocenters. The van der Waals surface area contributed by atoms with Gasteiger partial charge in [-0.15, -0.1) is 0 Å². The minimum Gasteiger partial charge on any atom is -0.465 e. The molecule has 0 bridgehead atoms. The molecule has 1 saturated heterocycles. The number of carboxylic acid groups (broad SMARTS) is 1. The van der Waals surface area contributed by atoms with Gasteiger partial charge in [0, 0.05) is 19.1 Å². The molecule has 1 aliphatic rings. The molecule has 4 nitrogen and oxygen atoms in total. The van der Waals surface area contributed by atoms with Crippen LogP contribution in [0.4, 0.5) is 4.79 Å². The highest BCUT2D eigenvalue weighted by Crippen LogP contribution is 2.08. The topological polar surface area (TPSA) is 66.6 Å². The molecular weight excluding hydrogens is 144 g/mol. The molecule has 1 aliphatic heterocycles. The molecule has 1 heterocycles. The molecule has 1 amide bonds. The van der Waals surface area contributed by atoms with Crippen molar-refractivity contribution in [1.82, 2.24) is 4.90 Å². The normalized spacial score (nSPS) is 26.3. The largest absolute Gasteiger partial charge is 0.465 e. The van der Waals surface area contributed by atoms with Gasteiger partial charge in [0.15, 0.2) is 0 Å². The number of nitrogens with two attached hydrogens (primary N) is 1. The van der Waals surface area contributed by atoms with E-state index < -0.39 is 6.09 Å². The predicted octanol–water partition coefficient (Wildman–Crippen LogP) is 0.478. The first kappa shape index (κ1) is 8.33. The minimum absolute atomic E-state index is 0.0357. The number of amides is 1. The summed E-state index contributed by atoms with van der Waals surface area (Å²) in [5.41, 5.74) is 5.66. The summed E-state index contributed by atoms with van der Waals surface area (Å²) >= 11 is 0. The van der Waals surface area contributed by atoms with Crippen LogP contribution in [0.15, 0.2) is 0 Å². The number of rotatable bonds is 0. The van der Waals surface area contributed by atoms with E-state index in [4.69, 9.17) is 10.8 Å². The van der Waals surface area contributed by atoms with Gasteiger partial charge in [0.05, 0.1) is 0 Å². The van der Waals surface area contributed by atoms with Crippen molar-refractivity contribution in [2.24, 2.45) is 5.73 Å². The number of hydrogen-bond acceptors (Lipinski definition) is 2. The second-order valence-corrected chi connectivity index (χ2v) is 2.98. The summed E-state index contributed by atoms with van der Waals surface area (Å²) in [6.07, 6.45) is 2.09. The maximum absolute atomic E-state index is 10.5. The van der Waals surface area contributed by atoms with Gasteiger partial charge in [0.25, 0.3) is 0 Å². The summed E-state index contributed by atoms with van der Waals surface area (Å²) in [5.74, 6) is 0. The van der Waals surface area contributed by atoms with Gasteiger partial charge in [0.1, 0.15) is 0 Å². The monoisotopic (exact) mass is 158 g/mol. The first-order valence-electron chi connectivity index (χ1n) is 3.93. The summed E-state index contributed by atoms with van der Waals surface area (Å²) in [6, 6.07) is 0.0357. The van der Waals surface area contributed by atoms with Crippen LogP contribution in [0.1, 0.15) is 19.3 Å². The molecule has 0 aliphatic carbocycles. The maximum atomic E-state index is 10.5. The zero-order valence-corrected chi connectivity index (χ0v) is 6.49. The van der Waals surface area contributed by atoms with Crippen LogP contribution in [0, 0.1) is 0 Å². The number of carbonyl (C=O) groups is 1. The zero-order valence-electron chi connectivity index (χ0n) is 6.49. The molecule has 0 aromatic heterocycles. The van der Waals surface area contributed by atoms with Gasteiger partial charge in [-0.3, -0.25) is 0 Å². The van der Waals surface area contributed by atoms with Gasteiger partial charge in [-0.25, -0.2) is 4.79 Å². The Kier molecular flexibility index (Phi) is 2.70. The molecule has 64 valence electrons. The fraction of sp³-hybridized carbons (Fsp3) is 0.857. The van der Waals surface area contributed by atoms with Crippen molar-refractivity contribution in [2.45, 2.75) is 25.3 Å². The van der Waals surface area contributed by atoms with Crippen molar-refractivity contribution >= 4 is 6.09 Å². The molecule has 0 aromatic carbocycles. The standard InChI is InChI=1S/C7H14N2O2/c8-6-3-1-2-4-9(5-6)7(10)11/h6H,1-5,8H2,(H,10,11). The van der Waals surface area contributed by atoms with Crippen molar-refractivity contribution in [1.29, 1.82) is 0 Å². The Morgan fingerprint density at radius 2 is 2.27 bits per heavy atom. The van der Waals surface area contributed by atoms with E-state index in [2.05, 4.69) is 0 Å². The minimum atomic E-state index is -0.845. The van der Waals surface area contributed by atoms with Crippen LogP contribution in [0.2, 0.25) is 0 Å². The smallest absolute Gasteiger partial charge is 0.407 e. The van der Waals surface area contributed by atoms with E-state index in [0.717, 1.165) is 19.3 Å². The third-order valence-corrected chi connectivity index (χ3v) is 1.98. The number of hydrogen-bond donors (Lipinski definition) is 2. The van der Waals surface area contributed by atoms with Crippen molar-refractivity contribution in [2.75, 3.05) is 13.1 Å². The van der Waals surface area contributed by atoms with Gasteiger partial charge >= 0.3 is 6.09 Å². The van der Waals surface area contributed by atoms with Crippen LogP contribution >= 0.6 is 0 Å². The van der Waals surface area contributed by atoms with E-state index in [9.17, 15) is 4.79 Å². The molecule has 1 rings (SSSR count). The Morgan fingerprint density at radius 1 is 1.55 bits per heavy atom. The third-order valence-electron chi connectivity index (χ3n) is 1.98. The zero-order chi connectivity index (χ0) is 8.27. The quantitative estimate of drug-likeness (QED) is 0.538. The van der Waals surface area contributed by atoms with Crippen LogP contribution in [0.5, 0.6) is 0 Å². The Hall–Kier alpha value is -0.770. The summed E-state index contributed by atoms with van der Waals surface area (Å²) in [7, 11) is 0. The van der Waals surface area contributed by atoms with Crippen LogP contribution in [0.3, 0.4) is 0 Å². The van der Waals surface area contributed by atoms with Crippen molar-refractivity contribution < 1.29 is 9.90 Å². The Morgan fingerprint density at radius 3 is 2.91 bits per heavy atom. The van der Waals surface area contributed by atoms with E-state index in [-0.39, 0.29) is 6.04 Å². The molecule has 0 spiro atoms. The number of likely N-dealkylation sites (tertiary alicyclic amines) is 1. The predicted molar refractivity (Wildman–Crippen MR) is 41.4 cm³/mol. The first-order valence-corrected chi connectivity index (χ1v) is 3.93. The second kappa shape index (κ2) is 3.57. The van der Waals surface area contributed by atoms with Gasteiger partial charge in [-0.2, -0.15) is 0 Å². The summed E-state index contributed by atoms with van der Waals surface area (Å²) < 4.78 is 0. The molecule has 11 heavy (non-hydrogen) atoms. The SMILES string of the molecule is NC1CCCCN(C(=O)O)C1. The lowest BCUT2D eigenvalue weighted by Crippen LogP contribution is -2.38. The van der Waals surface area contributed by atoms with E-state index in [1.54, 1.807) is 0 Å². The highest BCUT2D eigenvalue weighted by atomic mass is 16.4. The summed E-state index contributed by atoms with van der Waals surface area (Å²) in [5, 5.41) is 8.65. The molecule has 1 fully saturated rings. The fourth-order valence-corrected chi connectivity index (χ4v) is 1.35. The summed E-state index contributed by atoms with van der Waals surface area (Å²) in [6.45, 7) is 1.14. The molecule has 4 heteroatoms. The van der Waals surface area contributed by atoms with Crippen molar-refractivity contribution in [3.05, 3.63) is 0 Å². The van der Waals surface area contributed by atoms with E-state index in [1.807, 2.05) is 0 Å². The van der Waals surface area contributed by atoms with Crippen molar-refractivity contribution in [3.8, 4) is 0 Å². The molecule has 0 aromatic rings.